The Kier molecular flexibility index (Phi) is 7.70. The maximum Gasteiger partial charge on any atom is 0.248 e. The third-order valence-corrected chi connectivity index (χ3v) is 7.71. The van der Waals surface area contributed by atoms with Gasteiger partial charge in [0.15, 0.2) is 14.6 Å². The summed E-state index contributed by atoms with van der Waals surface area (Å²) in [7, 11) is -1.87. The first-order valence-corrected chi connectivity index (χ1v) is 12.4. The average molecular weight is 487 g/mol. The molecule has 0 N–H and O–H groups in total. The molecule has 0 saturated carbocycles. The second kappa shape index (κ2) is 10.1. The number of hydrogen-bond donors (Lipinski definition) is 0. The van der Waals surface area contributed by atoms with E-state index in [1.165, 1.54) is 35.6 Å². The molecule has 1 amide bonds. The molecule has 1 heterocycles. The number of fused-ring (bicyclic) bond motifs is 1. The number of amides is 1. The molecule has 0 atom stereocenters. The van der Waals surface area contributed by atoms with Gasteiger partial charge in [0.2, 0.25) is 5.91 Å². The fourth-order valence-electron chi connectivity index (χ4n) is 2.87. The number of rotatable bonds is 8. The molecule has 0 bridgehead atoms. The lowest BCUT2D eigenvalue weighted by molar-refractivity contribution is -0.118. The van der Waals surface area contributed by atoms with Gasteiger partial charge >= 0.3 is 0 Å². The van der Waals surface area contributed by atoms with Gasteiger partial charge in [0.1, 0.15) is 0 Å². The number of halogens is 2. The van der Waals surface area contributed by atoms with E-state index in [0.29, 0.717) is 28.0 Å². The van der Waals surface area contributed by atoms with Crippen LogP contribution in [0.3, 0.4) is 0 Å². The zero-order valence-electron chi connectivity index (χ0n) is 16.2. The third kappa shape index (κ3) is 5.70. The largest absolute Gasteiger partial charge is 0.383 e. The van der Waals surface area contributed by atoms with Crippen LogP contribution < -0.4 is 4.80 Å². The van der Waals surface area contributed by atoms with Gasteiger partial charge in [-0.05, 0) is 48.9 Å². The Morgan fingerprint density at radius 1 is 1.13 bits per heavy atom. The smallest absolute Gasteiger partial charge is 0.248 e. The molecule has 0 aliphatic rings. The summed E-state index contributed by atoms with van der Waals surface area (Å²) in [5.41, 5.74) is 0.915. The number of thiazole rings is 1. The molecule has 0 unspecified atom stereocenters. The number of sulfone groups is 1. The summed E-state index contributed by atoms with van der Waals surface area (Å²) in [6, 6.07) is 11.5. The van der Waals surface area contributed by atoms with E-state index in [1.807, 2.05) is 16.7 Å². The lowest BCUT2D eigenvalue weighted by atomic mass is 10.3. The molecule has 0 spiro atoms. The quantitative estimate of drug-likeness (QED) is 0.474. The molecule has 160 valence electrons. The lowest BCUT2D eigenvalue weighted by Gasteiger charge is -2.05. The zero-order chi connectivity index (χ0) is 21.7. The summed E-state index contributed by atoms with van der Waals surface area (Å²) >= 11 is 13.2. The molecule has 0 aliphatic carbocycles. The van der Waals surface area contributed by atoms with Crippen molar-refractivity contribution >= 4 is 60.5 Å². The maximum absolute atomic E-state index is 12.4. The van der Waals surface area contributed by atoms with Crippen molar-refractivity contribution in [3.8, 4) is 0 Å². The summed E-state index contributed by atoms with van der Waals surface area (Å²) in [5, 5.41) is 1.07. The van der Waals surface area contributed by atoms with Gasteiger partial charge in [-0.15, -0.1) is 0 Å². The highest BCUT2D eigenvalue weighted by Crippen LogP contribution is 2.22. The molecule has 10 heteroatoms. The third-order valence-electron chi connectivity index (χ3n) is 4.36. The first-order chi connectivity index (χ1) is 14.3. The Labute approximate surface area is 188 Å². The Balaban J connectivity index is 1.74. The number of aromatic nitrogens is 1. The van der Waals surface area contributed by atoms with Crippen LogP contribution in [0, 0.1) is 0 Å². The predicted octanol–water partition coefficient (Wildman–Crippen LogP) is 4.34. The standard InChI is InChI=1S/C20H20Cl2N2O4S2/c1-28-11-10-24-17-9-6-15(22)13-18(17)29-20(24)23-19(25)3-2-12-30(26,27)16-7-4-14(21)5-8-16/h4-9,13H,2-3,10-12H2,1H3. The van der Waals surface area contributed by atoms with Gasteiger partial charge in [-0.2, -0.15) is 4.99 Å². The number of hydrogen-bond acceptors (Lipinski definition) is 5. The molecule has 0 fully saturated rings. The van der Waals surface area contributed by atoms with Gasteiger partial charge in [-0.25, -0.2) is 8.42 Å². The van der Waals surface area contributed by atoms with Crippen molar-refractivity contribution in [2.75, 3.05) is 19.5 Å². The van der Waals surface area contributed by atoms with Crippen LogP contribution in [0.1, 0.15) is 12.8 Å². The Hall–Kier alpha value is -1.71. The van der Waals surface area contributed by atoms with Crippen LogP contribution in [0.25, 0.3) is 10.2 Å². The highest BCUT2D eigenvalue weighted by molar-refractivity contribution is 7.91. The van der Waals surface area contributed by atoms with E-state index < -0.39 is 9.84 Å². The van der Waals surface area contributed by atoms with E-state index in [1.54, 1.807) is 13.2 Å². The topological polar surface area (TPSA) is 77.7 Å². The van der Waals surface area contributed by atoms with Crippen molar-refractivity contribution in [1.82, 2.24) is 4.57 Å². The molecular formula is C20H20Cl2N2O4S2. The maximum atomic E-state index is 12.4. The second-order valence-corrected chi connectivity index (χ2v) is 10.5. The van der Waals surface area contributed by atoms with Crippen LogP contribution in [0.5, 0.6) is 0 Å². The number of carbonyl (C=O) groups is 1. The lowest BCUT2D eigenvalue weighted by Crippen LogP contribution is -2.19. The summed E-state index contributed by atoms with van der Waals surface area (Å²) in [5.74, 6) is -0.508. The Morgan fingerprint density at radius 2 is 1.83 bits per heavy atom. The van der Waals surface area contributed by atoms with Gasteiger partial charge in [-0.3, -0.25) is 4.79 Å². The number of benzene rings is 2. The molecule has 3 aromatic rings. The summed E-state index contributed by atoms with van der Waals surface area (Å²) in [6.45, 7) is 1.00. The van der Waals surface area contributed by atoms with Crippen molar-refractivity contribution in [3.63, 3.8) is 0 Å². The minimum absolute atomic E-state index is 0.0338. The van der Waals surface area contributed by atoms with Crippen molar-refractivity contribution in [2.24, 2.45) is 4.99 Å². The van der Waals surface area contributed by atoms with Gasteiger partial charge in [0, 0.05) is 30.1 Å². The minimum Gasteiger partial charge on any atom is -0.383 e. The van der Waals surface area contributed by atoms with Crippen LogP contribution >= 0.6 is 34.5 Å². The second-order valence-electron chi connectivity index (χ2n) is 6.52. The van der Waals surface area contributed by atoms with E-state index in [9.17, 15) is 13.2 Å². The molecule has 0 saturated heterocycles. The molecule has 30 heavy (non-hydrogen) atoms. The predicted molar refractivity (Wildman–Crippen MR) is 120 cm³/mol. The summed E-state index contributed by atoms with van der Waals surface area (Å²) in [6.07, 6.45) is 0.216. The van der Waals surface area contributed by atoms with Crippen molar-refractivity contribution < 1.29 is 17.9 Å². The number of methoxy groups -OCH3 is 1. The average Bonchev–Trinajstić information content (AvgIpc) is 3.02. The van der Waals surface area contributed by atoms with Crippen molar-refractivity contribution in [1.29, 1.82) is 0 Å². The molecule has 0 radical (unpaired) electrons. The van der Waals surface area contributed by atoms with E-state index in [4.69, 9.17) is 27.9 Å². The normalized spacial score (nSPS) is 12.6. The SMILES string of the molecule is COCCn1c(=NC(=O)CCCS(=O)(=O)c2ccc(Cl)cc2)sc2cc(Cl)ccc21. The molecular weight excluding hydrogens is 467 g/mol. The molecule has 2 aromatic carbocycles. The fourth-order valence-corrected chi connectivity index (χ4v) is 5.65. The monoisotopic (exact) mass is 486 g/mol. The Morgan fingerprint density at radius 3 is 2.53 bits per heavy atom. The summed E-state index contributed by atoms with van der Waals surface area (Å²) < 4.78 is 32.8. The molecule has 6 nitrogen and oxygen atoms in total. The molecule has 0 aliphatic heterocycles. The number of carbonyl (C=O) groups excluding carboxylic acids is 1. The van der Waals surface area contributed by atoms with Crippen molar-refractivity contribution in [3.05, 3.63) is 57.3 Å². The first-order valence-electron chi connectivity index (χ1n) is 9.14. The summed E-state index contributed by atoms with van der Waals surface area (Å²) in [4.78, 5) is 17.3. The van der Waals surface area contributed by atoms with Gasteiger partial charge in [0.05, 0.1) is 27.5 Å². The van der Waals surface area contributed by atoms with Gasteiger partial charge in [0.25, 0.3) is 0 Å². The van der Waals surface area contributed by atoms with Gasteiger partial charge in [-0.1, -0.05) is 34.5 Å². The van der Waals surface area contributed by atoms with Gasteiger partial charge < -0.3 is 9.30 Å². The van der Waals surface area contributed by atoms with Crippen LogP contribution in [0.2, 0.25) is 10.0 Å². The number of ether oxygens (including phenoxy) is 1. The van der Waals surface area contributed by atoms with Crippen LogP contribution in [-0.2, 0) is 25.9 Å². The highest BCUT2D eigenvalue weighted by Gasteiger charge is 2.15. The number of nitrogens with zero attached hydrogens (tertiary/aromatic N) is 2. The van der Waals surface area contributed by atoms with Crippen LogP contribution in [-0.4, -0.2) is 38.4 Å². The van der Waals surface area contributed by atoms with Crippen molar-refractivity contribution in [2.45, 2.75) is 24.3 Å². The molecule has 1 aromatic heterocycles. The van der Waals surface area contributed by atoms with E-state index in [-0.39, 0.29) is 29.4 Å². The highest BCUT2D eigenvalue weighted by atomic mass is 35.5. The van der Waals surface area contributed by atoms with E-state index in [2.05, 4.69) is 4.99 Å². The Bertz CT molecular complexity index is 1220. The van der Waals surface area contributed by atoms with E-state index in [0.717, 1.165) is 10.2 Å². The fraction of sp³-hybridized carbons (Fsp3) is 0.300. The zero-order valence-corrected chi connectivity index (χ0v) is 19.3. The van der Waals surface area contributed by atoms with Crippen LogP contribution in [0.4, 0.5) is 0 Å². The molecule has 3 rings (SSSR count). The van der Waals surface area contributed by atoms with Crippen LogP contribution in [0.15, 0.2) is 52.4 Å². The van der Waals surface area contributed by atoms with E-state index >= 15 is 0 Å². The minimum atomic E-state index is -3.48. The first kappa shape index (κ1) is 23.0.